The van der Waals surface area contributed by atoms with Gasteiger partial charge in [0, 0.05) is 28.2 Å². The Morgan fingerprint density at radius 3 is 2.20 bits per heavy atom. The zero-order chi connectivity index (χ0) is 11.6. The average molecular weight is 233 g/mol. The maximum atomic E-state index is 11.5. The van der Waals surface area contributed by atoms with Gasteiger partial charge in [0.2, 0.25) is 0 Å². The van der Waals surface area contributed by atoms with E-state index in [0.29, 0.717) is 19.3 Å². The Bertz CT molecular complexity index is 387. The Kier molecular flexibility index (Phi) is 3.49. The van der Waals surface area contributed by atoms with Crippen LogP contribution in [0.3, 0.4) is 0 Å². The molecule has 0 spiro atoms. The van der Waals surface area contributed by atoms with Gasteiger partial charge in [-0.05, 0) is 19.3 Å². The van der Waals surface area contributed by atoms with Crippen LogP contribution in [0.5, 0.6) is 0 Å². The molecule has 1 saturated carbocycles. The van der Waals surface area contributed by atoms with Crippen LogP contribution in [0.15, 0.2) is 4.36 Å². The van der Waals surface area contributed by atoms with Gasteiger partial charge in [0.1, 0.15) is 0 Å². The van der Waals surface area contributed by atoms with Gasteiger partial charge in [-0.1, -0.05) is 0 Å². The highest BCUT2D eigenvalue weighted by molar-refractivity contribution is 7.92. The molecule has 0 bridgehead atoms. The molecule has 1 amide bonds. The number of carboxylic acid groups (broad SMARTS) is 1. The molecule has 1 fully saturated rings. The van der Waals surface area contributed by atoms with Crippen LogP contribution in [0.25, 0.3) is 0 Å². The number of carboxylic acids is 1. The minimum atomic E-state index is -2.42. The van der Waals surface area contributed by atoms with Crippen LogP contribution < -0.4 is 0 Å². The van der Waals surface area contributed by atoms with E-state index in [9.17, 15) is 13.8 Å². The summed E-state index contributed by atoms with van der Waals surface area (Å²) in [5.74, 6) is -2.07. The van der Waals surface area contributed by atoms with Crippen molar-refractivity contribution in [2.24, 2.45) is 16.2 Å². The van der Waals surface area contributed by atoms with Crippen LogP contribution in [0.1, 0.15) is 19.3 Å². The van der Waals surface area contributed by atoms with Crippen LogP contribution in [0.4, 0.5) is 0 Å². The third-order valence-corrected chi connectivity index (χ3v) is 3.06. The largest absolute Gasteiger partial charge is 0.481 e. The number of carbonyl (C=O) groups is 2. The van der Waals surface area contributed by atoms with Crippen molar-refractivity contribution in [3.8, 4) is 0 Å². The Labute approximate surface area is 89.0 Å². The average Bonchev–Trinajstić information content (AvgIpc) is 2.47. The third kappa shape index (κ3) is 3.62. The van der Waals surface area contributed by atoms with Crippen molar-refractivity contribution in [2.45, 2.75) is 19.3 Å². The smallest absolute Gasteiger partial charge is 0.306 e. The zero-order valence-corrected chi connectivity index (χ0v) is 9.62. The van der Waals surface area contributed by atoms with Gasteiger partial charge < -0.3 is 5.11 Å². The lowest BCUT2D eigenvalue weighted by atomic mass is 10.1. The molecule has 0 saturated heterocycles. The van der Waals surface area contributed by atoms with Crippen molar-refractivity contribution in [3.63, 3.8) is 0 Å². The van der Waals surface area contributed by atoms with Gasteiger partial charge in [-0.15, -0.1) is 0 Å². The molecule has 6 heteroatoms. The molecule has 5 nitrogen and oxygen atoms in total. The Balaban J connectivity index is 2.67. The summed E-state index contributed by atoms with van der Waals surface area (Å²) in [6.07, 6.45) is 4.17. The van der Waals surface area contributed by atoms with E-state index in [1.807, 2.05) is 0 Å². The first-order chi connectivity index (χ1) is 6.79. The molecule has 1 aliphatic carbocycles. The van der Waals surface area contributed by atoms with Crippen molar-refractivity contribution in [1.29, 1.82) is 0 Å². The summed E-state index contributed by atoms with van der Waals surface area (Å²) in [6, 6.07) is 0. The summed E-state index contributed by atoms with van der Waals surface area (Å²) in [4.78, 5) is 22.1. The molecule has 15 heavy (non-hydrogen) atoms. The van der Waals surface area contributed by atoms with Crippen LogP contribution in [0, 0.1) is 11.8 Å². The van der Waals surface area contributed by atoms with Gasteiger partial charge in [0.05, 0.1) is 5.92 Å². The van der Waals surface area contributed by atoms with Crippen molar-refractivity contribution in [1.82, 2.24) is 0 Å². The molecule has 86 valence electrons. The van der Waals surface area contributed by atoms with Crippen LogP contribution >= 0.6 is 0 Å². The van der Waals surface area contributed by atoms with Gasteiger partial charge in [0.25, 0.3) is 5.91 Å². The zero-order valence-electron chi connectivity index (χ0n) is 8.80. The fraction of sp³-hybridized carbons (Fsp3) is 0.778. The lowest BCUT2D eigenvalue weighted by molar-refractivity contribution is -0.141. The minimum absolute atomic E-state index is 0.327. The molecule has 0 aromatic heterocycles. The number of aliphatic carboxylic acids is 1. The molecule has 0 aliphatic heterocycles. The molecule has 1 N–H and O–H groups in total. The number of hydrogen-bond acceptors (Lipinski definition) is 3. The molecule has 2 atom stereocenters. The van der Waals surface area contributed by atoms with Crippen molar-refractivity contribution < 1.29 is 18.9 Å². The molecular weight excluding hydrogens is 218 g/mol. The van der Waals surface area contributed by atoms with E-state index < -0.39 is 27.5 Å². The fourth-order valence-electron chi connectivity index (χ4n) is 1.72. The van der Waals surface area contributed by atoms with Crippen LogP contribution in [0.2, 0.25) is 0 Å². The SMILES string of the molecule is CS(C)(=O)=NC(=O)C1CCC(C(=O)O)C1. The predicted molar refractivity (Wildman–Crippen MR) is 55.9 cm³/mol. The first-order valence-corrected chi connectivity index (χ1v) is 7.06. The number of rotatable bonds is 2. The van der Waals surface area contributed by atoms with Gasteiger partial charge in [-0.3, -0.25) is 9.59 Å². The predicted octanol–water partition coefficient (Wildman–Crippen LogP) is 0.741. The van der Waals surface area contributed by atoms with E-state index in [2.05, 4.69) is 4.36 Å². The van der Waals surface area contributed by atoms with E-state index in [1.54, 1.807) is 0 Å². The standard InChI is InChI=1S/C9H15NO4S/c1-15(2,14)10-8(11)6-3-4-7(5-6)9(12)13/h6-7H,3-5H2,1-2H3,(H,12,13). The summed E-state index contributed by atoms with van der Waals surface area (Å²) < 4.78 is 14.8. The Morgan fingerprint density at radius 2 is 1.80 bits per heavy atom. The first kappa shape index (κ1) is 12.2. The van der Waals surface area contributed by atoms with Crippen molar-refractivity contribution >= 4 is 21.6 Å². The van der Waals surface area contributed by atoms with E-state index >= 15 is 0 Å². The molecule has 0 heterocycles. The molecule has 1 rings (SSSR count). The first-order valence-electron chi connectivity index (χ1n) is 4.73. The second-order valence-electron chi connectivity index (χ2n) is 4.16. The highest BCUT2D eigenvalue weighted by Crippen LogP contribution is 2.31. The van der Waals surface area contributed by atoms with Crippen molar-refractivity contribution in [2.75, 3.05) is 12.5 Å². The minimum Gasteiger partial charge on any atom is -0.481 e. The van der Waals surface area contributed by atoms with Gasteiger partial charge in [-0.2, -0.15) is 4.36 Å². The number of nitrogens with zero attached hydrogens (tertiary/aromatic N) is 1. The Hall–Kier alpha value is -0.910. The summed E-state index contributed by atoms with van der Waals surface area (Å²) in [5, 5.41) is 8.75. The number of amides is 1. The van der Waals surface area contributed by atoms with E-state index in [-0.39, 0.29) is 5.92 Å². The topological polar surface area (TPSA) is 83.8 Å². The monoisotopic (exact) mass is 233 g/mol. The lowest BCUT2D eigenvalue weighted by Gasteiger charge is -2.04. The van der Waals surface area contributed by atoms with E-state index in [1.165, 1.54) is 12.5 Å². The highest BCUT2D eigenvalue weighted by Gasteiger charge is 2.33. The third-order valence-electron chi connectivity index (χ3n) is 2.44. The maximum Gasteiger partial charge on any atom is 0.306 e. The van der Waals surface area contributed by atoms with Crippen LogP contribution in [-0.4, -0.2) is 33.7 Å². The lowest BCUT2D eigenvalue weighted by Crippen LogP contribution is -2.14. The van der Waals surface area contributed by atoms with Crippen molar-refractivity contribution in [3.05, 3.63) is 0 Å². The summed E-state index contributed by atoms with van der Waals surface area (Å²) in [6.45, 7) is 0. The summed E-state index contributed by atoms with van der Waals surface area (Å²) >= 11 is 0. The molecule has 1 aliphatic rings. The molecule has 0 aromatic rings. The van der Waals surface area contributed by atoms with E-state index in [0.717, 1.165) is 0 Å². The molecular formula is C9H15NO4S. The molecule has 0 aromatic carbocycles. The maximum absolute atomic E-state index is 11.5. The highest BCUT2D eigenvalue weighted by atomic mass is 32.2. The van der Waals surface area contributed by atoms with Crippen LogP contribution in [-0.2, 0) is 19.3 Å². The summed E-state index contributed by atoms with van der Waals surface area (Å²) in [5.41, 5.74) is 0. The van der Waals surface area contributed by atoms with Gasteiger partial charge in [-0.25, -0.2) is 4.21 Å². The van der Waals surface area contributed by atoms with Gasteiger partial charge >= 0.3 is 5.97 Å². The number of carbonyl (C=O) groups excluding carboxylic acids is 1. The van der Waals surface area contributed by atoms with E-state index in [4.69, 9.17) is 5.11 Å². The normalized spacial score (nSPS) is 26.3. The second-order valence-corrected chi connectivity index (χ2v) is 6.70. The summed E-state index contributed by atoms with van der Waals surface area (Å²) in [7, 11) is -2.42. The second kappa shape index (κ2) is 4.30. The number of hydrogen-bond donors (Lipinski definition) is 1. The Morgan fingerprint density at radius 1 is 1.27 bits per heavy atom. The molecule has 2 unspecified atom stereocenters. The molecule has 0 radical (unpaired) electrons. The van der Waals surface area contributed by atoms with Gasteiger partial charge in [0.15, 0.2) is 0 Å². The quantitative estimate of drug-likeness (QED) is 0.762. The fourth-order valence-corrected chi connectivity index (χ4v) is 2.30.